The van der Waals surface area contributed by atoms with Crippen molar-refractivity contribution in [1.29, 1.82) is 0 Å². The molecule has 0 spiro atoms. The first kappa shape index (κ1) is 35.2. The number of fused-ring (bicyclic) bond motifs is 6. The fraction of sp³-hybridized carbons (Fsp3) is 0.217. The average molecular weight is 831 g/mol. The Balaban J connectivity index is 0.000000171. The van der Waals surface area contributed by atoms with E-state index < -0.39 is 0 Å². The van der Waals surface area contributed by atoms with Crippen LogP contribution in [-0.4, -0.2) is 9.97 Å². The molecule has 3 heterocycles. The summed E-state index contributed by atoms with van der Waals surface area (Å²) in [7, 11) is 0. The summed E-state index contributed by atoms with van der Waals surface area (Å²) >= 11 is 0. The van der Waals surface area contributed by atoms with E-state index in [-0.39, 0.29) is 30.9 Å². The van der Waals surface area contributed by atoms with Crippen LogP contribution in [0.2, 0.25) is 0 Å². The van der Waals surface area contributed by atoms with E-state index in [2.05, 4.69) is 149 Å². The Labute approximate surface area is 309 Å². The number of para-hydroxylation sites is 1. The van der Waals surface area contributed by atoms with Crippen molar-refractivity contribution < 1.29 is 24.5 Å². The van der Waals surface area contributed by atoms with Gasteiger partial charge in [-0.1, -0.05) is 124 Å². The molecule has 0 saturated carbocycles. The Hall–Kier alpha value is -4.63. The van der Waals surface area contributed by atoms with Crippen LogP contribution in [0.1, 0.15) is 65.5 Å². The van der Waals surface area contributed by atoms with Crippen LogP contribution in [0.25, 0.3) is 66.0 Å². The molecule has 253 valence electrons. The van der Waals surface area contributed by atoms with Crippen LogP contribution >= 0.6 is 0 Å². The van der Waals surface area contributed by atoms with E-state index >= 15 is 0 Å². The minimum Gasteiger partial charge on any atom is -0.500 e. The fourth-order valence-corrected chi connectivity index (χ4v) is 6.57. The number of benzene rings is 5. The van der Waals surface area contributed by atoms with Crippen molar-refractivity contribution in [2.45, 2.75) is 65.2 Å². The number of nitrogens with zero attached hydrogens (tertiary/aromatic N) is 2. The quantitative estimate of drug-likeness (QED) is 0.128. The number of rotatable bonds is 5. The van der Waals surface area contributed by atoms with Crippen molar-refractivity contribution in [3.63, 3.8) is 0 Å². The van der Waals surface area contributed by atoms with Gasteiger partial charge in [-0.05, 0) is 69.8 Å². The van der Waals surface area contributed by atoms with Crippen LogP contribution in [0.3, 0.4) is 0 Å². The van der Waals surface area contributed by atoms with Crippen LogP contribution in [0.4, 0.5) is 0 Å². The van der Waals surface area contributed by atoms with Gasteiger partial charge in [0, 0.05) is 37.9 Å². The summed E-state index contributed by atoms with van der Waals surface area (Å²) < 4.78 is 5.87. The predicted octanol–water partition coefficient (Wildman–Crippen LogP) is 12.7. The first-order valence-electron chi connectivity index (χ1n) is 17.3. The van der Waals surface area contributed by atoms with Crippen molar-refractivity contribution in [1.82, 2.24) is 9.97 Å². The molecule has 0 amide bonds. The molecule has 50 heavy (non-hydrogen) atoms. The van der Waals surface area contributed by atoms with Gasteiger partial charge in [-0.25, -0.2) is 0 Å². The van der Waals surface area contributed by atoms with Gasteiger partial charge in [0.1, 0.15) is 5.58 Å². The van der Waals surface area contributed by atoms with Gasteiger partial charge in [-0.3, -0.25) is 0 Å². The van der Waals surface area contributed by atoms with E-state index in [0.717, 1.165) is 57.3 Å². The monoisotopic (exact) mass is 831 g/mol. The molecule has 0 bridgehead atoms. The molecule has 4 heteroatoms. The molecule has 8 aromatic rings. The van der Waals surface area contributed by atoms with Gasteiger partial charge in [0.15, 0.2) is 0 Å². The molecule has 0 atom stereocenters. The summed E-state index contributed by atoms with van der Waals surface area (Å²) in [5.41, 5.74) is 8.71. The Kier molecular flexibility index (Phi) is 10.1. The number of hydrogen-bond donors (Lipinski definition) is 0. The van der Waals surface area contributed by atoms with Gasteiger partial charge in [0.05, 0.1) is 5.58 Å². The topological polar surface area (TPSA) is 38.9 Å². The van der Waals surface area contributed by atoms with E-state index in [1.165, 1.54) is 32.7 Å². The van der Waals surface area contributed by atoms with Gasteiger partial charge >= 0.3 is 0 Å². The van der Waals surface area contributed by atoms with Gasteiger partial charge in [0.2, 0.25) is 0 Å². The standard InChI is InChI=1S/C25H24N.C21H18NO.Ir/c1-4-25(3,5-2)21-14-15-26-24(17-21)20-12-13-23-19(16-20)11-10-18-8-6-7-9-22(18)23;1-21(2,3)15-10-11-22-18(13-15)14-8-9-20-17(12-14)16-6-4-5-7-19(16)23-20;/h6-11,13-17H,4-5H2,1-3H3;4-7,9-13H,1-3H3;/q2*-1;. The predicted molar refractivity (Wildman–Crippen MR) is 206 cm³/mol. The van der Waals surface area contributed by atoms with Gasteiger partial charge in [-0.2, -0.15) is 0 Å². The number of pyridine rings is 2. The van der Waals surface area contributed by atoms with E-state index in [0.29, 0.717) is 0 Å². The van der Waals surface area contributed by atoms with Crippen molar-refractivity contribution in [2.24, 2.45) is 0 Å². The molecule has 8 rings (SSSR count). The second kappa shape index (κ2) is 14.3. The zero-order valence-corrected chi connectivity index (χ0v) is 32.0. The molecule has 0 unspecified atom stereocenters. The Bertz CT molecular complexity index is 2430. The van der Waals surface area contributed by atoms with Crippen molar-refractivity contribution in [2.75, 3.05) is 0 Å². The Morgan fingerprint density at radius 2 is 1.16 bits per heavy atom. The zero-order chi connectivity index (χ0) is 34.2. The van der Waals surface area contributed by atoms with Crippen LogP contribution in [-0.2, 0) is 30.9 Å². The smallest absolute Gasteiger partial charge is 0.120 e. The second-order valence-electron chi connectivity index (χ2n) is 14.2. The van der Waals surface area contributed by atoms with E-state index in [1.54, 1.807) is 0 Å². The maximum atomic E-state index is 5.87. The molecular formula is C46H42IrN2O-2. The molecule has 5 aromatic carbocycles. The van der Waals surface area contributed by atoms with Gasteiger partial charge in [-0.15, -0.1) is 52.9 Å². The summed E-state index contributed by atoms with van der Waals surface area (Å²) in [5, 5.41) is 7.26. The molecule has 0 saturated heterocycles. The van der Waals surface area contributed by atoms with Crippen molar-refractivity contribution >= 4 is 43.5 Å². The van der Waals surface area contributed by atoms with Crippen LogP contribution in [0.15, 0.2) is 126 Å². The first-order valence-corrected chi connectivity index (χ1v) is 17.3. The summed E-state index contributed by atoms with van der Waals surface area (Å²) in [6.07, 6.45) is 6.06. The Morgan fingerprint density at radius 3 is 1.88 bits per heavy atom. The summed E-state index contributed by atoms with van der Waals surface area (Å²) in [6, 6.07) is 44.8. The number of hydrogen-bond acceptors (Lipinski definition) is 3. The zero-order valence-electron chi connectivity index (χ0n) is 29.6. The van der Waals surface area contributed by atoms with Crippen LogP contribution < -0.4 is 0 Å². The van der Waals surface area contributed by atoms with Crippen molar-refractivity contribution in [3.8, 4) is 22.5 Å². The number of aromatic nitrogens is 2. The largest absolute Gasteiger partial charge is 0.500 e. The maximum absolute atomic E-state index is 5.87. The van der Waals surface area contributed by atoms with E-state index in [1.807, 2.05) is 36.7 Å². The molecule has 1 radical (unpaired) electrons. The third kappa shape index (κ3) is 6.88. The molecule has 3 nitrogen and oxygen atoms in total. The summed E-state index contributed by atoms with van der Waals surface area (Å²) in [5.74, 6) is 0. The SMILES string of the molecule is CC(C)(C)c1ccnc(-c2[c-]cc3oc4ccccc4c3c2)c1.CCC(C)(CC)c1ccnc(-c2[c-]cc3c(ccc4ccccc43)c2)c1.[Ir]. The minimum atomic E-state index is 0. The molecule has 0 N–H and O–H groups in total. The van der Waals surface area contributed by atoms with E-state index in [9.17, 15) is 0 Å². The van der Waals surface area contributed by atoms with Crippen molar-refractivity contribution in [3.05, 3.63) is 145 Å². The van der Waals surface area contributed by atoms with E-state index in [4.69, 9.17) is 4.42 Å². The molecule has 0 aliphatic carbocycles. The number of furan rings is 1. The third-order valence-electron chi connectivity index (χ3n) is 10.2. The Morgan fingerprint density at radius 1 is 0.560 bits per heavy atom. The maximum Gasteiger partial charge on any atom is 0.120 e. The first-order chi connectivity index (χ1) is 23.7. The summed E-state index contributed by atoms with van der Waals surface area (Å²) in [6.45, 7) is 13.5. The normalized spacial score (nSPS) is 11.8. The molecule has 0 aliphatic heterocycles. The second-order valence-corrected chi connectivity index (χ2v) is 14.2. The van der Waals surface area contributed by atoms with Crippen LogP contribution in [0, 0.1) is 12.1 Å². The van der Waals surface area contributed by atoms with Crippen LogP contribution in [0.5, 0.6) is 0 Å². The fourth-order valence-electron chi connectivity index (χ4n) is 6.57. The van der Waals surface area contributed by atoms with Gasteiger partial charge < -0.3 is 14.4 Å². The average Bonchev–Trinajstić information content (AvgIpc) is 3.52. The summed E-state index contributed by atoms with van der Waals surface area (Å²) in [4.78, 5) is 9.16. The minimum absolute atomic E-state index is 0. The third-order valence-corrected chi connectivity index (χ3v) is 10.2. The molecule has 0 fully saturated rings. The van der Waals surface area contributed by atoms with Gasteiger partial charge in [0.25, 0.3) is 0 Å². The molecule has 3 aromatic heterocycles. The molecule has 0 aliphatic rings. The molecular weight excluding hydrogens is 789 g/mol.